The maximum Gasteiger partial charge on any atom is 0.408 e. The van der Waals surface area contributed by atoms with Crippen molar-refractivity contribution in [3.05, 3.63) is 65.5 Å². The van der Waals surface area contributed by atoms with Crippen LogP contribution < -0.4 is 5.32 Å². The molecular formula is C18H20N2O4S. The summed E-state index contributed by atoms with van der Waals surface area (Å²) in [7, 11) is 0. The summed E-state index contributed by atoms with van der Waals surface area (Å²) in [6.45, 7) is 2.00. The van der Waals surface area contributed by atoms with Crippen LogP contribution in [0.25, 0.3) is 0 Å². The molecule has 1 heterocycles. The van der Waals surface area contributed by atoms with E-state index in [2.05, 4.69) is 10.3 Å². The number of nitrogens with one attached hydrogen (secondary N) is 1. The standard InChI is InChI=1S/C18H20N2O4S/c1-13-6-5-9-15(19-13)11-25-12-16(17(21)22)20-18(23)24-10-14-7-3-2-4-8-14/h2-9,16H,10-12H2,1H3,(H,20,23)(H,21,22). The second kappa shape index (κ2) is 9.68. The number of amides is 1. The van der Waals surface area contributed by atoms with E-state index in [0.717, 1.165) is 17.0 Å². The van der Waals surface area contributed by atoms with E-state index >= 15 is 0 Å². The fourth-order valence-electron chi connectivity index (χ4n) is 2.04. The van der Waals surface area contributed by atoms with Crippen LogP contribution in [0.1, 0.15) is 17.0 Å². The van der Waals surface area contributed by atoms with Crippen LogP contribution in [-0.4, -0.2) is 33.9 Å². The third-order valence-electron chi connectivity index (χ3n) is 3.28. The first-order valence-electron chi connectivity index (χ1n) is 7.75. The summed E-state index contributed by atoms with van der Waals surface area (Å²) in [5, 5.41) is 11.6. The highest BCUT2D eigenvalue weighted by molar-refractivity contribution is 7.98. The Labute approximate surface area is 150 Å². The largest absolute Gasteiger partial charge is 0.480 e. The zero-order chi connectivity index (χ0) is 18.1. The number of carboxylic acid groups (broad SMARTS) is 1. The number of carboxylic acids is 1. The molecule has 0 radical (unpaired) electrons. The lowest BCUT2D eigenvalue weighted by Gasteiger charge is -2.14. The number of alkyl carbamates (subject to hydrolysis) is 1. The number of carbonyl (C=O) groups is 2. The van der Waals surface area contributed by atoms with Crippen LogP contribution in [-0.2, 0) is 21.9 Å². The van der Waals surface area contributed by atoms with Gasteiger partial charge in [0.25, 0.3) is 0 Å². The molecule has 25 heavy (non-hydrogen) atoms. The Balaban J connectivity index is 1.77. The lowest BCUT2D eigenvalue weighted by atomic mass is 10.2. The number of benzene rings is 1. The van der Waals surface area contributed by atoms with Gasteiger partial charge in [-0.25, -0.2) is 9.59 Å². The molecule has 7 heteroatoms. The fourth-order valence-corrected chi connectivity index (χ4v) is 2.99. The van der Waals surface area contributed by atoms with Gasteiger partial charge < -0.3 is 15.2 Å². The number of rotatable bonds is 8. The molecule has 0 aliphatic heterocycles. The predicted molar refractivity (Wildman–Crippen MR) is 96.3 cm³/mol. The Bertz CT molecular complexity index is 709. The molecule has 0 bridgehead atoms. The minimum Gasteiger partial charge on any atom is -0.480 e. The van der Waals surface area contributed by atoms with Crippen LogP contribution in [0.5, 0.6) is 0 Å². The number of nitrogens with zero attached hydrogens (tertiary/aromatic N) is 1. The fraction of sp³-hybridized carbons (Fsp3) is 0.278. The van der Waals surface area contributed by atoms with E-state index < -0.39 is 18.1 Å². The average Bonchev–Trinajstić information content (AvgIpc) is 2.60. The number of carbonyl (C=O) groups excluding carboxylic acids is 1. The van der Waals surface area contributed by atoms with E-state index in [-0.39, 0.29) is 12.4 Å². The Kier molecular flexibility index (Phi) is 7.28. The molecule has 6 nitrogen and oxygen atoms in total. The molecule has 0 aliphatic carbocycles. The van der Waals surface area contributed by atoms with Gasteiger partial charge in [-0.05, 0) is 24.6 Å². The van der Waals surface area contributed by atoms with E-state index in [1.165, 1.54) is 11.8 Å². The summed E-state index contributed by atoms with van der Waals surface area (Å²) in [4.78, 5) is 27.5. The lowest BCUT2D eigenvalue weighted by Crippen LogP contribution is -2.42. The van der Waals surface area contributed by atoms with Gasteiger partial charge in [0, 0.05) is 17.2 Å². The van der Waals surface area contributed by atoms with Crippen LogP contribution in [0.2, 0.25) is 0 Å². The molecule has 132 valence electrons. The van der Waals surface area contributed by atoms with Crippen molar-refractivity contribution in [3.63, 3.8) is 0 Å². The van der Waals surface area contributed by atoms with Crippen LogP contribution in [0, 0.1) is 6.92 Å². The summed E-state index contributed by atoms with van der Waals surface area (Å²) in [6.07, 6.45) is -0.745. The number of aromatic nitrogens is 1. The summed E-state index contributed by atoms with van der Waals surface area (Å²) in [5.74, 6) is -0.293. The molecule has 1 atom stereocenters. The smallest absolute Gasteiger partial charge is 0.408 e. The molecule has 1 aromatic heterocycles. The van der Waals surface area contributed by atoms with Crippen LogP contribution in [0.15, 0.2) is 48.5 Å². The Hall–Kier alpha value is -2.54. The van der Waals surface area contributed by atoms with Gasteiger partial charge in [-0.1, -0.05) is 36.4 Å². The van der Waals surface area contributed by atoms with Crippen molar-refractivity contribution in [2.24, 2.45) is 0 Å². The van der Waals surface area contributed by atoms with Crippen molar-refractivity contribution in [2.45, 2.75) is 25.3 Å². The minimum absolute atomic E-state index is 0.0966. The molecular weight excluding hydrogens is 340 g/mol. The van der Waals surface area contributed by atoms with Gasteiger partial charge in [-0.15, -0.1) is 0 Å². The molecule has 2 rings (SSSR count). The molecule has 0 spiro atoms. The zero-order valence-corrected chi connectivity index (χ0v) is 14.7. The Morgan fingerprint density at radius 1 is 1.20 bits per heavy atom. The number of aryl methyl sites for hydroxylation is 1. The molecule has 2 N–H and O–H groups in total. The van der Waals surface area contributed by atoms with Crippen molar-refractivity contribution in [1.29, 1.82) is 0 Å². The first kappa shape index (κ1) is 18.8. The molecule has 2 aromatic rings. The van der Waals surface area contributed by atoms with E-state index in [0.29, 0.717) is 5.75 Å². The maximum atomic E-state index is 11.8. The maximum absolute atomic E-state index is 11.8. The van der Waals surface area contributed by atoms with Crippen LogP contribution in [0.3, 0.4) is 0 Å². The van der Waals surface area contributed by atoms with Gasteiger partial charge in [-0.2, -0.15) is 11.8 Å². The molecule has 1 unspecified atom stereocenters. The number of hydrogen-bond acceptors (Lipinski definition) is 5. The van der Waals surface area contributed by atoms with Crippen molar-refractivity contribution in [2.75, 3.05) is 5.75 Å². The number of thioether (sulfide) groups is 1. The molecule has 1 aromatic carbocycles. The van der Waals surface area contributed by atoms with Gasteiger partial charge in [0.15, 0.2) is 0 Å². The van der Waals surface area contributed by atoms with Gasteiger partial charge >= 0.3 is 12.1 Å². The van der Waals surface area contributed by atoms with Crippen molar-refractivity contribution in [3.8, 4) is 0 Å². The Morgan fingerprint density at radius 3 is 2.64 bits per heavy atom. The van der Waals surface area contributed by atoms with Gasteiger partial charge in [0.05, 0.1) is 5.69 Å². The first-order chi connectivity index (χ1) is 12.0. The zero-order valence-electron chi connectivity index (χ0n) is 13.8. The molecule has 0 fully saturated rings. The van der Waals surface area contributed by atoms with E-state index in [4.69, 9.17) is 4.74 Å². The third-order valence-corrected chi connectivity index (χ3v) is 4.35. The molecule has 0 saturated carbocycles. The highest BCUT2D eigenvalue weighted by Gasteiger charge is 2.20. The van der Waals surface area contributed by atoms with Gasteiger partial charge in [-0.3, -0.25) is 4.98 Å². The van der Waals surface area contributed by atoms with Gasteiger partial charge in [0.2, 0.25) is 0 Å². The van der Waals surface area contributed by atoms with E-state index in [1.54, 1.807) is 0 Å². The van der Waals surface area contributed by atoms with Crippen molar-refractivity contribution >= 4 is 23.8 Å². The highest BCUT2D eigenvalue weighted by Crippen LogP contribution is 2.12. The number of hydrogen-bond donors (Lipinski definition) is 2. The molecule has 0 saturated heterocycles. The minimum atomic E-state index is -1.10. The summed E-state index contributed by atoms with van der Waals surface area (Å²) in [6, 6.07) is 13.9. The summed E-state index contributed by atoms with van der Waals surface area (Å²) < 4.78 is 5.05. The highest BCUT2D eigenvalue weighted by atomic mass is 32.2. The predicted octanol–water partition coefficient (Wildman–Crippen LogP) is 3.00. The molecule has 0 aliphatic rings. The normalized spacial score (nSPS) is 11.6. The number of aliphatic carboxylic acids is 1. The van der Waals surface area contributed by atoms with Crippen LogP contribution in [0.4, 0.5) is 4.79 Å². The Morgan fingerprint density at radius 2 is 1.96 bits per heavy atom. The van der Waals surface area contributed by atoms with Crippen LogP contribution >= 0.6 is 11.8 Å². The van der Waals surface area contributed by atoms with Crippen molar-refractivity contribution in [1.82, 2.24) is 10.3 Å². The van der Waals surface area contributed by atoms with E-state index in [9.17, 15) is 14.7 Å². The molecule has 1 amide bonds. The van der Waals surface area contributed by atoms with Gasteiger partial charge in [0.1, 0.15) is 12.6 Å². The lowest BCUT2D eigenvalue weighted by molar-refractivity contribution is -0.138. The van der Waals surface area contributed by atoms with E-state index in [1.807, 2.05) is 55.5 Å². The summed E-state index contributed by atoms with van der Waals surface area (Å²) in [5.41, 5.74) is 2.63. The summed E-state index contributed by atoms with van der Waals surface area (Å²) >= 11 is 1.39. The topological polar surface area (TPSA) is 88.5 Å². The monoisotopic (exact) mass is 360 g/mol. The number of pyridine rings is 1. The van der Waals surface area contributed by atoms with Crippen molar-refractivity contribution < 1.29 is 19.4 Å². The SMILES string of the molecule is Cc1cccc(CSCC(NC(=O)OCc2ccccc2)C(=O)O)n1. The second-order valence-corrected chi connectivity index (χ2v) is 6.41. The quantitative estimate of drug-likeness (QED) is 0.752. The first-order valence-corrected chi connectivity index (χ1v) is 8.90. The average molecular weight is 360 g/mol. The second-order valence-electron chi connectivity index (χ2n) is 5.38. The number of ether oxygens (including phenoxy) is 1. The third kappa shape index (κ3) is 6.84.